The number of hydrogen-bond donors (Lipinski definition) is 3. The predicted octanol–water partition coefficient (Wildman–Crippen LogP) is 20.9. The molecule has 0 aliphatic carbocycles. The first kappa shape index (κ1) is 90.1. The average Bonchev–Trinajstić information content (AvgIpc) is 3.18. The number of phosphoric ester groups is 2. The van der Waals surface area contributed by atoms with Gasteiger partial charge in [0.1, 0.15) is 19.3 Å². The van der Waals surface area contributed by atoms with Crippen LogP contribution >= 0.6 is 15.6 Å². The van der Waals surface area contributed by atoms with Gasteiger partial charge < -0.3 is 33.8 Å². The summed E-state index contributed by atoms with van der Waals surface area (Å²) in [5.74, 6) is 0.852. The van der Waals surface area contributed by atoms with Crippen LogP contribution in [0.1, 0.15) is 364 Å². The van der Waals surface area contributed by atoms with Crippen LogP contribution in [-0.4, -0.2) is 96.7 Å². The molecule has 19 heteroatoms. The van der Waals surface area contributed by atoms with E-state index in [1.165, 1.54) is 167 Å². The van der Waals surface area contributed by atoms with Gasteiger partial charge in [-0.15, -0.1) is 0 Å². The van der Waals surface area contributed by atoms with Gasteiger partial charge in [-0.05, 0) is 49.4 Å². The maximum Gasteiger partial charge on any atom is 0.472 e. The summed E-state index contributed by atoms with van der Waals surface area (Å²) >= 11 is 0. The summed E-state index contributed by atoms with van der Waals surface area (Å²) in [7, 11) is -9.91. The second kappa shape index (κ2) is 62.6. The fourth-order valence-corrected chi connectivity index (χ4v) is 12.6. The van der Waals surface area contributed by atoms with E-state index in [4.69, 9.17) is 37.0 Å². The summed E-state index contributed by atoms with van der Waals surface area (Å²) in [4.78, 5) is 72.6. The third-order valence-electron chi connectivity index (χ3n) is 16.8. The van der Waals surface area contributed by atoms with E-state index in [0.29, 0.717) is 25.7 Å². The molecule has 5 atom stereocenters. The average molecular weight is 1350 g/mol. The van der Waals surface area contributed by atoms with E-state index < -0.39 is 97.5 Å². The van der Waals surface area contributed by atoms with E-state index in [1.807, 2.05) is 0 Å². The van der Waals surface area contributed by atoms with Crippen LogP contribution in [0, 0.1) is 23.7 Å². The molecule has 3 unspecified atom stereocenters. The summed E-state index contributed by atoms with van der Waals surface area (Å²) in [5, 5.41) is 10.6. The molecule has 0 heterocycles. The number of phosphoric acid groups is 2. The lowest BCUT2D eigenvalue weighted by Gasteiger charge is -2.21. The lowest BCUT2D eigenvalue weighted by atomic mass is 10.0. The molecule has 546 valence electrons. The minimum atomic E-state index is -4.95. The van der Waals surface area contributed by atoms with Crippen molar-refractivity contribution in [1.82, 2.24) is 0 Å². The molecule has 0 aromatic carbocycles. The van der Waals surface area contributed by atoms with Crippen molar-refractivity contribution in [2.45, 2.75) is 382 Å². The van der Waals surface area contributed by atoms with Gasteiger partial charge in [0.05, 0.1) is 26.4 Å². The standard InChI is InChI=1S/C73H142O17P2/c1-63(2)49-41-33-25-17-15-13-11-9-10-12-14-16-18-31-39-47-55-72(77)89-68(59-83-70(75)53-45-37-29-22-19-26-34-42-50-64(3)4)61-87-91(79,80)85-57-67(74)58-86-92(81,82)88-62-69(90-73(78)56-48-40-32-24-21-28-36-44-52-66(7)8)60-84-71(76)54-46-38-30-23-20-27-35-43-51-65(5)6/h63-69,74H,9-62H2,1-8H3,(H,79,80)(H,81,82)/t67?,68-,69-/m1/s1. The molecule has 92 heavy (non-hydrogen) atoms. The highest BCUT2D eigenvalue weighted by atomic mass is 31.2. The van der Waals surface area contributed by atoms with Gasteiger partial charge in [0.25, 0.3) is 0 Å². The number of ether oxygens (including phenoxy) is 4. The molecule has 0 aromatic rings. The number of esters is 4. The first-order chi connectivity index (χ1) is 44.1. The molecule has 0 fully saturated rings. The second-order valence-electron chi connectivity index (χ2n) is 28.2. The van der Waals surface area contributed by atoms with Crippen LogP contribution in [0.5, 0.6) is 0 Å². The lowest BCUT2D eigenvalue weighted by Crippen LogP contribution is -2.30. The number of rotatable bonds is 70. The molecule has 0 rings (SSSR count). The Labute approximate surface area is 562 Å². The number of aliphatic hydroxyl groups excluding tert-OH is 1. The molecule has 0 aliphatic rings. The highest BCUT2D eigenvalue weighted by molar-refractivity contribution is 7.47. The Morgan fingerprint density at radius 1 is 0.272 bits per heavy atom. The van der Waals surface area contributed by atoms with E-state index in [1.54, 1.807) is 0 Å². The largest absolute Gasteiger partial charge is 0.472 e. The Kier molecular flexibility index (Phi) is 61.3. The SMILES string of the molecule is CC(C)CCCCCCCCCCCCCCCCCCC(=O)O[C@H](COC(=O)CCCCCCCCCCC(C)C)COP(=O)(O)OCC(O)COP(=O)(O)OC[C@@H](COC(=O)CCCCCCCCCCC(C)C)OC(=O)CCCCCCCCCCC(C)C. The minimum absolute atomic E-state index is 0.103. The van der Waals surface area contributed by atoms with Gasteiger partial charge in [-0.1, -0.05) is 312 Å². The Hall–Kier alpha value is -1.94. The third kappa shape index (κ3) is 66.7. The molecule has 0 amide bonds. The molecular formula is C73H142O17P2. The highest BCUT2D eigenvalue weighted by Crippen LogP contribution is 2.45. The van der Waals surface area contributed by atoms with Crippen LogP contribution in [0.2, 0.25) is 0 Å². The molecule has 0 radical (unpaired) electrons. The topological polar surface area (TPSA) is 237 Å². The zero-order chi connectivity index (χ0) is 68.2. The van der Waals surface area contributed by atoms with Crippen molar-refractivity contribution in [3.05, 3.63) is 0 Å². The Balaban J connectivity index is 5.22. The van der Waals surface area contributed by atoms with Crippen molar-refractivity contribution < 1.29 is 80.2 Å². The first-order valence-corrected chi connectivity index (χ1v) is 40.7. The molecule has 0 spiro atoms. The van der Waals surface area contributed by atoms with Crippen LogP contribution in [0.4, 0.5) is 0 Å². The number of aliphatic hydroxyl groups is 1. The summed E-state index contributed by atoms with van der Waals surface area (Å²) in [6, 6.07) is 0. The van der Waals surface area contributed by atoms with Gasteiger partial charge in [-0.3, -0.25) is 37.3 Å². The summed E-state index contributed by atoms with van der Waals surface area (Å²) < 4.78 is 68.4. The Bertz CT molecular complexity index is 1820. The summed E-state index contributed by atoms with van der Waals surface area (Å²) in [6.07, 6.45) is 46.0. The van der Waals surface area contributed by atoms with Crippen molar-refractivity contribution >= 4 is 39.5 Å². The second-order valence-corrected chi connectivity index (χ2v) is 31.1. The Morgan fingerprint density at radius 2 is 0.457 bits per heavy atom. The quantitative estimate of drug-likeness (QED) is 0.0222. The molecule has 0 bridgehead atoms. The maximum atomic E-state index is 13.0. The molecule has 0 saturated carbocycles. The van der Waals surface area contributed by atoms with Crippen molar-refractivity contribution in [3.8, 4) is 0 Å². The van der Waals surface area contributed by atoms with Crippen LogP contribution < -0.4 is 0 Å². The van der Waals surface area contributed by atoms with Crippen molar-refractivity contribution in [2.24, 2.45) is 23.7 Å². The van der Waals surface area contributed by atoms with Crippen LogP contribution in [0.15, 0.2) is 0 Å². The molecule has 0 saturated heterocycles. The van der Waals surface area contributed by atoms with Gasteiger partial charge in [0.15, 0.2) is 12.2 Å². The zero-order valence-electron chi connectivity index (χ0n) is 60.2. The zero-order valence-corrected chi connectivity index (χ0v) is 62.0. The normalized spacial score (nSPS) is 14.2. The Morgan fingerprint density at radius 3 is 0.674 bits per heavy atom. The van der Waals surface area contributed by atoms with Crippen LogP contribution in [0.25, 0.3) is 0 Å². The number of carbonyl (C=O) groups is 4. The van der Waals surface area contributed by atoms with E-state index in [9.17, 15) is 43.2 Å². The first-order valence-electron chi connectivity index (χ1n) is 37.7. The lowest BCUT2D eigenvalue weighted by molar-refractivity contribution is -0.161. The number of hydrogen-bond acceptors (Lipinski definition) is 15. The van der Waals surface area contributed by atoms with Gasteiger partial charge in [-0.2, -0.15) is 0 Å². The fraction of sp³-hybridized carbons (Fsp3) is 0.945. The van der Waals surface area contributed by atoms with Gasteiger partial charge in [-0.25, -0.2) is 9.13 Å². The van der Waals surface area contributed by atoms with E-state index in [0.717, 1.165) is 114 Å². The molecule has 17 nitrogen and oxygen atoms in total. The van der Waals surface area contributed by atoms with E-state index in [2.05, 4.69) is 55.4 Å². The van der Waals surface area contributed by atoms with Crippen molar-refractivity contribution in [3.63, 3.8) is 0 Å². The van der Waals surface area contributed by atoms with Gasteiger partial charge >= 0.3 is 39.5 Å². The fourth-order valence-electron chi connectivity index (χ4n) is 11.0. The molecule has 0 aliphatic heterocycles. The van der Waals surface area contributed by atoms with Crippen molar-refractivity contribution in [1.29, 1.82) is 0 Å². The van der Waals surface area contributed by atoms with Gasteiger partial charge in [0, 0.05) is 25.7 Å². The highest BCUT2D eigenvalue weighted by Gasteiger charge is 2.30. The minimum Gasteiger partial charge on any atom is -0.462 e. The molecular weight excluding hydrogens is 1210 g/mol. The molecule has 3 N–H and O–H groups in total. The number of carbonyl (C=O) groups excluding carboxylic acids is 4. The van der Waals surface area contributed by atoms with E-state index in [-0.39, 0.29) is 25.7 Å². The summed E-state index contributed by atoms with van der Waals surface area (Å²) in [6.45, 7) is 14.1. The third-order valence-corrected chi connectivity index (χ3v) is 18.7. The van der Waals surface area contributed by atoms with E-state index >= 15 is 0 Å². The smallest absolute Gasteiger partial charge is 0.462 e. The van der Waals surface area contributed by atoms with Gasteiger partial charge in [0.2, 0.25) is 0 Å². The maximum absolute atomic E-state index is 13.0. The van der Waals surface area contributed by atoms with Crippen molar-refractivity contribution in [2.75, 3.05) is 39.6 Å². The summed E-state index contributed by atoms with van der Waals surface area (Å²) in [5.41, 5.74) is 0. The van der Waals surface area contributed by atoms with Crippen LogP contribution in [0.3, 0.4) is 0 Å². The number of unbranched alkanes of at least 4 members (excludes halogenated alkanes) is 36. The van der Waals surface area contributed by atoms with Crippen LogP contribution in [-0.2, 0) is 65.4 Å². The predicted molar refractivity (Wildman–Crippen MR) is 372 cm³/mol. The monoisotopic (exact) mass is 1350 g/mol. The molecule has 0 aromatic heterocycles.